The van der Waals surface area contributed by atoms with Gasteiger partial charge in [0, 0.05) is 19.5 Å². The zero-order valence-corrected chi connectivity index (χ0v) is 26.8. The lowest BCUT2D eigenvalue weighted by Gasteiger charge is -2.34. The van der Waals surface area contributed by atoms with Crippen molar-refractivity contribution in [3.63, 3.8) is 0 Å². The number of anilines is 1. The molecule has 0 saturated heterocycles. The first-order valence-electron chi connectivity index (χ1n) is 15.1. The molecular formula is C36H40FN3O4S. The van der Waals surface area contributed by atoms with Gasteiger partial charge in [0.1, 0.15) is 18.4 Å². The summed E-state index contributed by atoms with van der Waals surface area (Å²) in [7, 11) is -4.18. The summed E-state index contributed by atoms with van der Waals surface area (Å²) in [5.41, 5.74) is 3.50. The third-order valence-electron chi connectivity index (χ3n) is 7.54. The number of hydrogen-bond acceptors (Lipinski definition) is 4. The molecule has 0 heterocycles. The smallest absolute Gasteiger partial charge is 0.264 e. The third kappa shape index (κ3) is 9.01. The predicted octanol–water partition coefficient (Wildman–Crippen LogP) is 6.19. The first-order chi connectivity index (χ1) is 21.6. The van der Waals surface area contributed by atoms with Crippen molar-refractivity contribution in [3.8, 4) is 0 Å². The van der Waals surface area contributed by atoms with Gasteiger partial charge in [-0.15, -0.1) is 0 Å². The Morgan fingerprint density at radius 3 is 2.16 bits per heavy atom. The van der Waals surface area contributed by atoms with Crippen LogP contribution in [-0.4, -0.2) is 44.3 Å². The van der Waals surface area contributed by atoms with E-state index in [-0.39, 0.29) is 23.8 Å². The van der Waals surface area contributed by atoms with Crippen LogP contribution in [-0.2, 0) is 32.6 Å². The van der Waals surface area contributed by atoms with Crippen molar-refractivity contribution in [2.75, 3.05) is 17.4 Å². The summed E-state index contributed by atoms with van der Waals surface area (Å²) in [6.45, 7) is 5.60. The van der Waals surface area contributed by atoms with Crippen molar-refractivity contribution in [1.29, 1.82) is 0 Å². The molecule has 1 unspecified atom stereocenters. The standard InChI is InChI=1S/C36H40FN3O4S/c1-4-5-22-38-36(42)34(24-29-11-7-6-8-12-29)39(25-30-16-18-31(37)19-17-30)35(41)26-40(32-13-9-10-28(3)23-32)45(43,44)33-20-14-27(2)15-21-33/h6-21,23,34H,4-5,22,24-26H2,1-3H3,(H,38,42). The van der Waals surface area contributed by atoms with E-state index in [0.717, 1.165) is 33.8 Å². The number of rotatable bonds is 14. The molecule has 45 heavy (non-hydrogen) atoms. The quantitative estimate of drug-likeness (QED) is 0.169. The van der Waals surface area contributed by atoms with Gasteiger partial charge in [-0.1, -0.05) is 85.6 Å². The number of unbranched alkanes of at least 4 members (excludes halogenated alkanes) is 1. The first kappa shape index (κ1) is 33.4. The Hall–Kier alpha value is -4.50. The number of benzene rings is 4. The van der Waals surface area contributed by atoms with Crippen LogP contribution in [0.15, 0.2) is 108 Å². The highest BCUT2D eigenvalue weighted by Crippen LogP contribution is 2.26. The van der Waals surface area contributed by atoms with Crippen molar-refractivity contribution in [1.82, 2.24) is 10.2 Å². The molecule has 9 heteroatoms. The van der Waals surface area contributed by atoms with E-state index in [0.29, 0.717) is 17.8 Å². The summed E-state index contributed by atoms with van der Waals surface area (Å²) >= 11 is 0. The maximum absolute atomic E-state index is 14.4. The second kappa shape index (κ2) is 15.5. The molecule has 0 aromatic heterocycles. The highest BCUT2D eigenvalue weighted by molar-refractivity contribution is 7.92. The molecule has 0 aliphatic heterocycles. The molecule has 4 rings (SSSR count). The Balaban J connectivity index is 1.78. The molecule has 0 fully saturated rings. The van der Waals surface area contributed by atoms with Crippen LogP contribution >= 0.6 is 0 Å². The third-order valence-corrected chi connectivity index (χ3v) is 9.33. The van der Waals surface area contributed by atoms with Crippen LogP contribution in [0.5, 0.6) is 0 Å². The fourth-order valence-corrected chi connectivity index (χ4v) is 6.40. The predicted molar refractivity (Wildman–Crippen MR) is 176 cm³/mol. The van der Waals surface area contributed by atoms with Crippen LogP contribution in [0.3, 0.4) is 0 Å². The zero-order valence-electron chi connectivity index (χ0n) is 25.9. The van der Waals surface area contributed by atoms with Gasteiger partial charge in [-0.3, -0.25) is 13.9 Å². The lowest BCUT2D eigenvalue weighted by molar-refractivity contribution is -0.140. The summed E-state index contributed by atoms with van der Waals surface area (Å²) in [6.07, 6.45) is 1.86. The van der Waals surface area contributed by atoms with Gasteiger partial charge in [-0.2, -0.15) is 0 Å². The summed E-state index contributed by atoms with van der Waals surface area (Å²) in [5.74, 6) is -1.33. The summed E-state index contributed by atoms with van der Waals surface area (Å²) < 4.78 is 43.1. The number of nitrogens with zero attached hydrogens (tertiary/aromatic N) is 2. The number of nitrogens with one attached hydrogen (secondary N) is 1. The molecule has 1 atom stereocenters. The van der Waals surface area contributed by atoms with Crippen LogP contribution in [0, 0.1) is 19.7 Å². The summed E-state index contributed by atoms with van der Waals surface area (Å²) in [4.78, 5) is 29.7. The fourth-order valence-electron chi connectivity index (χ4n) is 5.00. The highest BCUT2D eigenvalue weighted by atomic mass is 32.2. The number of sulfonamides is 1. The molecular weight excluding hydrogens is 589 g/mol. The number of amides is 2. The van der Waals surface area contributed by atoms with Gasteiger partial charge in [-0.25, -0.2) is 12.8 Å². The van der Waals surface area contributed by atoms with E-state index in [1.165, 1.54) is 29.2 Å². The van der Waals surface area contributed by atoms with Crippen molar-refractivity contribution in [3.05, 3.63) is 131 Å². The maximum Gasteiger partial charge on any atom is 0.264 e. The lowest BCUT2D eigenvalue weighted by Crippen LogP contribution is -2.53. The minimum atomic E-state index is -4.18. The van der Waals surface area contributed by atoms with Gasteiger partial charge < -0.3 is 10.2 Å². The van der Waals surface area contributed by atoms with E-state index in [1.54, 1.807) is 42.5 Å². The Labute approximate surface area is 265 Å². The molecule has 236 valence electrons. The Morgan fingerprint density at radius 2 is 1.51 bits per heavy atom. The summed E-state index contributed by atoms with van der Waals surface area (Å²) in [5, 5.41) is 2.96. The molecule has 7 nitrogen and oxygen atoms in total. The number of carbonyl (C=O) groups excluding carboxylic acids is 2. The molecule has 2 amide bonds. The van der Waals surface area contributed by atoms with Gasteiger partial charge >= 0.3 is 0 Å². The fraction of sp³-hybridized carbons (Fsp3) is 0.278. The molecule has 0 spiro atoms. The van der Waals surface area contributed by atoms with Gasteiger partial charge in [0.15, 0.2) is 0 Å². The normalized spacial score (nSPS) is 11.9. The minimum Gasteiger partial charge on any atom is -0.354 e. The molecule has 0 aliphatic carbocycles. The van der Waals surface area contributed by atoms with Crippen LogP contribution in [0.1, 0.15) is 42.0 Å². The average molecular weight is 630 g/mol. The molecule has 0 radical (unpaired) electrons. The Kier molecular flexibility index (Phi) is 11.5. The van der Waals surface area contributed by atoms with Crippen LogP contribution in [0.2, 0.25) is 0 Å². The molecule has 0 aliphatic rings. The van der Waals surface area contributed by atoms with E-state index in [4.69, 9.17) is 0 Å². The topological polar surface area (TPSA) is 86.8 Å². The first-order valence-corrected chi connectivity index (χ1v) is 16.5. The second-order valence-electron chi connectivity index (χ2n) is 11.2. The SMILES string of the molecule is CCCCNC(=O)C(Cc1ccccc1)N(Cc1ccc(F)cc1)C(=O)CN(c1cccc(C)c1)S(=O)(=O)c1ccc(C)cc1. The van der Waals surface area contributed by atoms with Gasteiger partial charge in [0.05, 0.1) is 10.6 Å². The van der Waals surface area contributed by atoms with E-state index in [1.807, 2.05) is 57.2 Å². The van der Waals surface area contributed by atoms with Gasteiger partial charge in [-0.05, 0) is 73.4 Å². The van der Waals surface area contributed by atoms with E-state index >= 15 is 0 Å². The number of carbonyl (C=O) groups is 2. The lowest BCUT2D eigenvalue weighted by atomic mass is 10.0. The van der Waals surface area contributed by atoms with E-state index < -0.39 is 34.3 Å². The molecule has 0 saturated carbocycles. The van der Waals surface area contributed by atoms with E-state index in [9.17, 15) is 22.4 Å². The van der Waals surface area contributed by atoms with Crippen molar-refractivity contribution >= 4 is 27.5 Å². The summed E-state index contributed by atoms with van der Waals surface area (Å²) in [6, 6.07) is 27.5. The van der Waals surface area contributed by atoms with Gasteiger partial charge in [0.2, 0.25) is 11.8 Å². The Bertz CT molecular complexity index is 1680. The molecule has 4 aromatic rings. The highest BCUT2D eigenvalue weighted by Gasteiger charge is 2.34. The zero-order chi connectivity index (χ0) is 32.4. The van der Waals surface area contributed by atoms with Gasteiger partial charge in [0.25, 0.3) is 10.0 Å². The van der Waals surface area contributed by atoms with Crippen LogP contribution in [0.25, 0.3) is 0 Å². The number of halogens is 1. The molecule has 0 bridgehead atoms. The largest absolute Gasteiger partial charge is 0.354 e. The van der Waals surface area contributed by atoms with Crippen LogP contribution in [0.4, 0.5) is 10.1 Å². The van der Waals surface area contributed by atoms with Crippen molar-refractivity contribution in [2.45, 2.75) is 57.5 Å². The van der Waals surface area contributed by atoms with Crippen molar-refractivity contribution < 1.29 is 22.4 Å². The maximum atomic E-state index is 14.4. The monoisotopic (exact) mass is 629 g/mol. The van der Waals surface area contributed by atoms with E-state index in [2.05, 4.69) is 5.32 Å². The second-order valence-corrected chi connectivity index (χ2v) is 13.0. The Morgan fingerprint density at radius 1 is 0.822 bits per heavy atom. The van der Waals surface area contributed by atoms with Crippen LogP contribution < -0.4 is 9.62 Å². The molecule has 1 N–H and O–H groups in total. The number of hydrogen-bond donors (Lipinski definition) is 1. The van der Waals surface area contributed by atoms with Crippen molar-refractivity contribution in [2.24, 2.45) is 0 Å². The minimum absolute atomic E-state index is 0.0238. The number of aryl methyl sites for hydroxylation is 2. The molecule has 4 aromatic carbocycles. The average Bonchev–Trinajstić information content (AvgIpc) is 3.03.